The third-order valence-electron chi connectivity index (χ3n) is 1.29. The van der Waals surface area contributed by atoms with Crippen LogP contribution < -0.4 is 4.72 Å². The molecule has 3 heteroatoms. The number of hydrogen-bond acceptors (Lipinski definition) is 2. The van der Waals surface area contributed by atoms with E-state index in [-0.39, 0.29) is 12.3 Å². The van der Waals surface area contributed by atoms with Crippen molar-refractivity contribution in [1.29, 1.82) is 0 Å². The van der Waals surface area contributed by atoms with E-state index in [0.717, 1.165) is 11.3 Å². The number of nitrogens with one attached hydrogen (secondary N) is 1. The van der Waals surface area contributed by atoms with E-state index in [4.69, 9.17) is 0 Å². The fourth-order valence-corrected chi connectivity index (χ4v) is 1.07. The fourth-order valence-electron chi connectivity index (χ4n) is 0.849. The van der Waals surface area contributed by atoms with Crippen molar-refractivity contribution in [2.24, 2.45) is 0 Å². The monoisotopic (exact) mass is 181 g/mol. The highest BCUT2D eigenvalue weighted by Gasteiger charge is 1.91. The summed E-state index contributed by atoms with van der Waals surface area (Å²) >= 11 is 0.0833. The molecule has 12 heavy (non-hydrogen) atoms. The molecule has 0 fully saturated rings. The van der Waals surface area contributed by atoms with E-state index in [1.165, 1.54) is 0 Å². The molecular weight excluding hydrogens is 173 g/mol. The van der Waals surface area contributed by atoms with Crippen molar-refractivity contribution in [2.45, 2.75) is 6.92 Å². The molecule has 1 nitrogen and oxygen atoms in total. The molecule has 0 saturated carbocycles. The van der Waals surface area contributed by atoms with Gasteiger partial charge in [0.25, 0.3) is 0 Å². The minimum atomic E-state index is 0.0833. The summed E-state index contributed by atoms with van der Waals surface area (Å²) in [5.74, 6) is 5.66. The molecule has 62 valence electrons. The Morgan fingerprint density at radius 1 is 1.50 bits per heavy atom. The van der Waals surface area contributed by atoms with Crippen molar-refractivity contribution in [3.05, 3.63) is 29.8 Å². The molecular formula is C9H8FNS. The van der Waals surface area contributed by atoms with Crippen LogP contribution in [0.15, 0.2) is 24.3 Å². The average Bonchev–Trinajstić information content (AvgIpc) is 2.06. The molecule has 0 spiro atoms. The minimum Gasteiger partial charge on any atom is -0.302 e. The lowest BCUT2D eigenvalue weighted by Crippen LogP contribution is -1.83. The maximum atomic E-state index is 11.8. The number of hydrogen-bond donors (Lipinski definition) is 1. The lowest BCUT2D eigenvalue weighted by Gasteiger charge is -1.98. The topological polar surface area (TPSA) is 12.0 Å². The van der Waals surface area contributed by atoms with Crippen LogP contribution in [-0.4, -0.2) is 0 Å². The lowest BCUT2D eigenvalue weighted by molar-refractivity contribution is 0.943. The van der Waals surface area contributed by atoms with Gasteiger partial charge in [0, 0.05) is 11.3 Å². The zero-order valence-electron chi connectivity index (χ0n) is 6.60. The number of rotatable bonds is 2. The molecule has 0 unspecified atom stereocenters. The first kappa shape index (κ1) is 8.95. The van der Waals surface area contributed by atoms with Gasteiger partial charge in [0.05, 0.1) is 0 Å². The van der Waals surface area contributed by atoms with Gasteiger partial charge in [-0.2, -0.15) is 0 Å². The van der Waals surface area contributed by atoms with Crippen LogP contribution >= 0.6 is 12.3 Å². The highest BCUT2D eigenvalue weighted by Crippen LogP contribution is 2.14. The van der Waals surface area contributed by atoms with Crippen molar-refractivity contribution in [3.63, 3.8) is 0 Å². The van der Waals surface area contributed by atoms with Gasteiger partial charge in [-0.05, 0) is 25.1 Å². The van der Waals surface area contributed by atoms with Crippen molar-refractivity contribution >= 4 is 18.0 Å². The van der Waals surface area contributed by atoms with Gasteiger partial charge in [0.15, 0.2) is 12.3 Å². The molecule has 0 radical (unpaired) electrons. The van der Waals surface area contributed by atoms with Crippen LogP contribution in [0.2, 0.25) is 0 Å². The van der Waals surface area contributed by atoms with E-state index < -0.39 is 0 Å². The summed E-state index contributed by atoms with van der Waals surface area (Å²) in [6, 6.07) is 7.29. The van der Waals surface area contributed by atoms with Crippen LogP contribution in [0, 0.1) is 11.8 Å². The molecule has 0 aliphatic heterocycles. The van der Waals surface area contributed by atoms with Gasteiger partial charge in [-0.25, -0.2) is 0 Å². The van der Waals surface area contributed by atoms with Gasteiger partial charge in [-0.3, -0.25) is 0 Å². The number of halogens is 1. The second-order valence-corrected chi connectivity index (χ2v) is 2.49. The molecule has 0 heterocycles. The Kier molecular flexibility index (Phi) is 3.49. The van der Waals surface area contributed by atoms with Gasteiger partial charge in [-0.1, -0.05) is 12.0 Å². The van der Waals surface area contributed by atoms with Gasteiger partial charge in [0.1, 0.15) is 0 Å². The van der Waals surface area contributed by atoms with E-state index in [9.17, 15) is 3.89 Å². The lowest BCUT2D eigenvalue weighted by atomic mass is 10.2. The summed E-state index contributed by atoms with van der Waals surface area (Å²) in [5, 5.41) is 0. The minimum absolute atomic E-state index is 0.0833. The van der Waals surface area contributed by atoms with E-state index in [2.05, 4.69) is 16.6 Å². The maximum Gasteiger partial charge on any atom is 0.162 e. The summed E-state index contributed by atoms with van der Waals surface area (Å²) in [6.07, 6.45) is 0. The Morgan fingerprint density at radius 2 is 2.33 bits per heavy atom. The Morgan fingerprint density at radius 3 is 3.00 bits per heavy atom. The van der Waals surface area contributed by atoms with Crippen LogP contribution in [0.3, 0.4) is 0 Å². The van der Waals surface area contributed by atoms with Crippen molar-refractivity contribution in [3.8, 4) is 11.8 Å². The number of benzene rings is 1. The molecule has 1 aromatic rings. The third kappa shape index (κ3) is 2.48. The molecule has 1 N–H and O–H groups in total. The normalized spacial score (nSPS) is 8.50. The molecule has 0 amide bonds. The Hall–Kier alpha value is -1.14. The first-order chi connectivity index (χ1) is 5.86. The molecule has 1 rings (SSSR count). The Balaban J connectivity index is 2.85. The van der Waals surface area contributed by atoms with Crippen LogP contribution in [0.25, 0.3) is 0 Å². The standard InChI is InChI=1S/C9H8FNS/c1-2-4-8-5-3-6-9(7-8)11-12-10/h3,5-7,11H,1H3. The molecule has 0 aromatic heterocycles. The smallest absolute Gasteiger partial charge is 0.162 e. The van der Waals surface area contributed by atoms with Gasteiger partial charge in [0.2, 0.25) is 0 Å². The van der Waals surface area contributed by atoms with Crippen molar-refractivity contribution < 1.29 is 3.89 Å². The first-order valence-corrected chi connectivity index (χ1v) is 4.15. The zero-order chi connectivity index (χ0) is 8.81. The Bertz CT molecular complexity index is 314. The first-order valence-electron chi connectivity index (χ1n) is 3.43. The van der Waals surface area contributed by atoms with E-state index in [1.807, 2.05) is 12.1 Å². The molecule has 0 aliphatic rings. The average molecular weight is 181 g/mol. The van der Waals surface area contributed by atoms with E-state index >= 15 is 0 Å². The maximum absolute atomic E-state index is 11.8. The molecule has 0 bridgehead atoms. The highest BCUT2D eigenvalue weighted by atomic mass is 32.2. The van der Waals surface area contributed by atoms with Crippen LogP contribution in [0.4, 0.5) is 9.57 Å². The van der Waals surface area contributed by atoms with Crippen molar-refractivity contribution in [1.82, 2.24) is 0 Å². The predicted octanol–water partition coefficient (Wildman–Crippen LogP) is 3.00. The summed E-state index contributed by atoms with van der Waals surface area (Å²) < 4.78 is 14.3. The molecule has 0 saturated heterocycles. The van der Waals surface area contributed by atoms with Crippen LogP contribution in [0.5, 0.6) is 0 Å². The SMILES string of the molecule is CC#Cc1cccc(NSF)c1. The third-order valence-corrected chi connectivity index (χ3v) is 1.60. The summed E-state index contributed by atoms with van der Waals surface area (Å²) in [7, 11) is 0. The van der Waals surface area contributed by atoms with Crippen LogP contribution in [-0.2, 0) is 0 Å². The highest BCUT2D eigenvalue weighted by molar-refractivity contribution is 7.95. The van der Waals surface area contributed by atoms with E-state index in [1.54, 1.807) is 19.1 Å². The second-order valence-electron chi connectivity index (χ2n) is 2.14. The fraction of sp³-hybridized carbons (Fsp3) is 0.111. The zero-order valence-corrected chi connectivity index (χ0v) is 7.41. The molecule has 0 aliphatic carbocycles. The predicted molar refractivity (Wildman–Crippen MR) is 51.3 cm³/mol. The summed E-state index contributed by atoms with van der Waals surface area (Å²) in [5.41, 5.74) is 1.61. The Labute approximate surface area is 75.8 Å². The van der Waals surface area contributed by atoms with Gasteiger partial charge in [-0.15, -0.1) is 9.81 Å². The largest absolute Gasteiger partial charge is 0.302 e. The molecule has 1 aromatic carbocycles. The molecule has 0 atom stereocenters. The number of anilines is 1. The second kappa shape index (κ2) is 4.68. The van der Waals surface area contributed by atoms with Crippen molar-refractivity contribution in [2.75, 3.05) is 4.72 Å². The quantitative estimate of drug-likeness (QED) is 0.556. The van der Waals surface area contributed by atoms with Gasteiger partial charge >= 0.3 is 0 Å². The van der Waals surface area contributed by atoms with Gasteiger partial charge < -0.3 is 4.72 Å². The van der Waals surface area contributed by atoms with E-state index in [0.29, 0.717) is 0 Å². The summed E-state index contributed by atoms with van der Waals surface area (Å²) in [4.78, 5) is 0. The summed E-state index contributed by atoms with van der Waals surface area (Å²) in [6.45, 7) is 1.77. The van der Waals surface area contributed by atoms with Crippen LogP contribution in [0.1, 0.15) is 12.5 Å².